The Labute approximate surface area is 82.0 Å². The van der Waals surface area contributed by atoms with Gasteiger partial charge in [0.1, 0.15) is 11.1 Å². The van der Waals surface area contributed by atoms with Crippen molar-refractivity contribution in [1.82, 2.24) is 4.98 Å². The van der Waals surface area contributed by atoms with Gasteiger partial charge in [-0.15, -0.1) is 11.3 Å². The Bertz CT molecular complexity index is 299. The quantitative estimate of drug-likeness (QED) is 0.742. The van der Waals surface area contributed by atoms with E-state index >= 15 is 0 Å². The maximum Gasteiger partial charge on any atom is 0.122 e. The van der Waals surface area contributed by atoms with Crippen molar-refractivity contribution in [3.63, 3.8) is 0 Å². The van der Waals surface area contributed by atoms with Crippen LogP contribution in [0.15, 0.2) is 5.38 Å². The smallest absolute Gasteiger partial charge is 0.122 e. The maximum atomic E-state index is 8.47. The summed E-state index contributed by atoms with van der Waals surface area (Å²) in [6, 6.07) is 2.08. The van der Waals surface area contributed by atoms with Crippen LogP contribution in [0.3, 0.4) is 0 Å². The van der Waals surface area contributed by atoms with E-state index in [0.717, 1.165) is 17.1 Å². The number of hydrogen-bond acceptors (Lipinski definition) is 4. The molecule has 70 valence electrons. The van der Waals surface area contributed by atoms with Crippen LogP contribution in [0.1, 0.15) is 30.2 Å². The minimum absolute atomic E-state index is 0.0810. The Morgan fingerprint density at radius 2 is 2.54 bits per heavy atom. The number of nitriles is 1. The van der Waals surface area contributed by atoms with Gasteiger partial charge < -0.3 is 4.74 Å². The van der Waals surface area contributed by atoms with Gasteiger partial charge in [0.25, 0.3) is 0 Å². The molecule has 1 unspecified atom stereocenters. The van der Waals surface area contributed by atoms with Crippen LogP contribution in [-0.4, -0.2) is 12.1 Å². The highest BCUT2D eigenvalue weighted by atomic mass is 32.1. The van der Waals surface area contributed by atoms with E-state index in [1.165, 1.54) is 0 Å². The molecule has 1 aromatic rings. The normalized spacial score (nSPS) is 12.4. The third kappa shape index (κ3) is 2.51. The minimum Gasteiger partial charge on any atom is -0.374 e. The van der Waals surface area contributed by atoms with Crippen LogP contribution >= 0.6 is 11.3 Å². The molecule has 0 aliphatic rings. The third-order valence-electron chi connectivity index (χ3n) is 1.76. The number of ether oxygens (including phenoxy) is 1. The molecule has 3 nitrogen and oxygen atoms in total. The lowest BCUT2D eigenvalue weighted by molar-refractivity contribution is 0.0997. The molecular formula is C9H12N2OS. The highest BCUT2D eigenvalue weighted by Gasteiger charge is 2.11. The number of methoxy groups -OCH3 is 1. The van der Waals surface area contributed by atoms with Gasteiger partial charge in [-0.3, -0.25) is 0 Å². The van der Waals surface area contributed by atoms with Crippen LogP contribution in [0.25, 0.3) is 0 Å². The average molecular weight is 196 g/mol. The first kappa shape index (κ1) is 10.2. The van der Waals surface area contributed by atoms with Crippen LogP contribution in [0.5, 0.6) is 0 Å². The molecule has 1 heterocycles. The first-order valence-corrected chi connectivity index (χ1v) is 5.03. The molecule has 0 amide bonds. The summed E-state index contributed by atoms with van der Waals surface area (Å²) in [5.74, 6) is 0. The van der Waals surface area contributed by atoms with E-state index in [1.807, 2.05) is 5.38 Å². The molecule has 0 saturated carbocycles. The zero-order valence-corrected chi connectivity index (χ0v) is 8.60. The topological polar surface area (TPSA) is 45.9 Å². The van der Waals surface area contributed by atoms with E-state index in [9.17, 15) is 0 Å². The molecule has 1 atom stereocenters. The highest BCUT2D eigenvalue weighted by Crippen LogP contribution is 2.23. The zero-order chi connectivity index (χ0) is 9.68. The van der Waals surface area contributed by atoms with Crippen molar-refractivity contribution in [2.45, 2.75) is 25.9 Å². The number of rotatable bonds is 4. The summed E-state index contributed by atoms with van der Waals surface area (Å²) in [6.07, 6.45) is 1.38. The molecule has 0 bridgehead atoms. The molecule has 0 spiro atoms. The van der Waals surface area contributed by atoms with Gasteiger partial charge in [-0.25, -0.2) is 4.98 Å². The highest BCUT2D eigenvalue weighted by molar-refractivity contribution is 7.09. The molecule has 0 fully saturated rings. The van der Waals surface area contributed by atoms with E-state index in [-0.39, 0.29) is 6.10 Å². The maximum absolute atomic E-state index is 8.47. The lowest BCUT2D eigenvalue weighted by Gasteiger charge is -2.08. The van der Waals surface area contributed by atoms with Crippen molar-refractivity contribution in [2.75, 3.05) is 7.11 Å². The van der Waals surface area contributed by atoms with E-state index in [1.54, 1.807) is 18.4 Å². The van der Waals surface area contributed by atoms with E-state index in [2.05, 4.69) is 18.0 Å². The summed E-state index contributed by atoms with van der Waals surface area (Å²) < 4.78 is 5.24. The fraction of sp³-hybridized carbons (Fsp3) is 0.556. The summed E-state index contributed by atoms with van der Waals surface area (Å²) in [4.78, 5) is 4.31. The Morgan fingerprint density at radius 3 is 3.08 bits per heavy atom. The second kappa shape index (κ2) is 4.95. The first-order chi connectivity index (χ1) is 6.31. The molecule has 0 aliphatic carbocycles. The number of thiazole rings is 1. The van der Waals surface area contributed by atoms with Crippen LogP contribution in [0.2, 0.25) is 0 Å². The lowest BCUT2D eigenvalue weighted by atomic mass is 10.3. The molecule has 1 aromatic heterocycles. The molecule has 0 N–H and O–H groups in total. The van der Waals surface area contributed by atoms with Crippen molar-refractivity contribution in [3.8, 4) is 6.07 Å². The van der Waals surface area contributed by atoms with Crippen molar-refractivity contribution in [3.05, 3.63) is 16.1 Å². The van der Waals surface area contributed by atoms with Crippen molar-refractivity contribution in [2.24, 2.45) is 0 Å². The number of aromatic nitrogens is 1. The van der Waals surface area contributed by atoms with Crippen molar-refractivity contribution in [1.29, 1.82) is 5.26 Å². The number of hydrogen-bond donors (Lipinski definition) is 0. The first-order valence-electron chi connectivity index (χ1n) is 4.15. The fourth-order valence-electron chi connectivity index (χ4n) is 1.07. The van der Waals surface area contributed by atoms with Gasteiger partial charge in [0.2, 0.25) is 0 Å². The Kier molecular flexibility index (Phi) is 3.87. The predicted molar refractivity (Wildman–Crippen MR) is 51.5 cm³/mol. The standard InChI is InChI=1S/C9H12N2OS/c1-3-8(12-2)9-11-7(4-5-10)6-13-9/h6,8H,3-4H2,1-2H3. The Morgan fingerprint density at radius 1 is 1.77 bits per heavy atom. The summed E-state index contributed by atoms with van der Waals surface area (Å²) in [5.41, 5.74) is 0.845. The van der Waals surface area contributed by atoms with Crippen LogP contribution in [-0.2, 0) is 11.2 Å². The fourth-order valence-corrected chi connectivity index (χ4v) is 2.05. The van der Waals surface area contributed by atoms with E-state index in [4.69, 9.17) is 10.00 Å². The molecule has 0 saturated heterocycles. The third-order valence-corrected chi connectivity index (χ3v) is 2.75. The molecular weight excluding hydrogens is 184 g/mol. The molecule has 1 rings (SSSR count). The van der Waals surface area contributed by atoms with Gasteiger partial charge in [0, 0.05) is 12.5 Å². The number of nitrogens with zero attached hydrogens (tertiary/aromatic N) is 2. The second-order valence-corrected chi connectivity index (χ2v) is 3.53. The van der Waals surface area contributed by atoms with Crippen LogP contribution in [0.4, 0.5) is 0 Å². The van der Waals surface area contributed by atoms with Crippen LogP contribution < -0.4 is 0 Å². The summed E-state index contributed by atoms with van der Waals surface area (Å²) >= 11 is 1.56. The van der Waals surface area contributed by atoms with Gasteiger partial charge >= 0.3 is 0 Å². The van der Waals surface area contributed by atoms with Gasteiger partial charge in [-0.1, -0.05) is 6.92 Å². The van der Waals surface area contributed by atoms with Gasteiger partial charge in [0.15, 0.2) is 0 Å². The molecule has 0 radical (unpaired) electrons. The summed E-state index contributed by atoms with van der Waals surface area (Å²) in [6.45, 7) is 2.06. The molecule has 13 heavy (non-hydrogen) atoms. The molecule has 0 aromatic carbocycles. The van der Waals surface area contributed by atoms with Gasteiger partial charge in [-0.2, -0.15) is 5.26 Å². The summed E-state index contributed by atoms with van der Waals surface area (Å²) in [7, 11) is 1.68. The minimum atomic E-state index is 0.0810. The van der Waals surface area contributed by atoms with Crippen molar-refractivity contribution >= 4 is 11.3 Å². The van der Waals surface area contributed by atoms with Crippen molar-refractivity contribution < 1.29 is 4.74 Å². The van der Waals surface area contributed by atoms with Crippen LogP contribution in [0, 0.1) is 11.3 Å². The Balaban J connectivity index is 2.73. The zero-order valence-electron chi connectivity index (χ0n) is 7.78. The SMILES string of the molecule is CCC(OC)c1nc(CC#N)cs1. The van der Waals surface area contributed by atoms with E-state index < -0.39 is 0 Å². The van der Waals surface area contributed by atoms with Gasteiger partial charge in [-0.05, 0) is 6.42 Å². The monoisotopic (exact) mass is 196 g/mol. The summed E-state index contributed by atoms with van der Waals surface area (Å²) in [5, 5.41) is 11.4. The largest absolute Gasteiger partial charge is 0.374 e. The molecule has 4 heteroatoms. The predicted octanol–water partition coefficient (Wildman–Crippen LogP) is 2.31. The van der Waals surface area contributed by atoms with Gasteiger partial charge in [0.05, 0.1) is 18.2 Å². The Hall–Kier alpha value is -0.920. The van der Waals surface area contributed by atoms with E-state index in [0.29, 0.717) is 6.42 Å². The lowest BCUT2D eigenvalue weighted by Crippen LogP contribution is -1.99. The second-order valence-electron chi connectivity index (χ2n) is 2.64. The molecule has 0 aliphatic heterocycles. The average Bonchev–Trinajstić information content (AvgIpc) is 2.56.